The molecule has 115 heavy (non-hydrogen) atoms. The summed E-state index contributed by atoms with van der Waals surface area (Å²) in [5.74, 6) is -14.5. The number of aliphatic hydroxyl groups is 1. The maximum atomic E-state index is 15.2. The number of esters is 2. The smallest absolute Gasteiger partial charge is 0.419 e. The van der Waals surface area contributed by atoms with Gasteiger partial charge in [-0.3, -0.25) is 57.5 Å². The van der Waals surface area contributed by atoms with Gasteiger partial charge < -0.3 is 102 Å². The van der Waals surface area contributed by atoms with Crippen molar-refractivity contribution in [3.05, 3.63) is 54.1 Å². The lowest BCUT2D eigenvalue weighted by atomic mass is 10.0. The van der Waals surface area contributed by atoms with Crippen molar-refractivity contribution in [3.8, 4) is 0 Å². The molecule has 0 radical (unpaired) electrons. The lowest BCUT2D eigenvalue weighted by Crippen LogP contribution is -2.64. The van der Waals surface area contributed by atoms with E-state index in [9.17, 15) is 67.7 Å². The number of carboxylic acids is 1. The average molecular weight is 1630 g/mol. The Bertz CT molecular complexity index is 3670. The van der Waals surface area contributed by atoms with Crippen LogP contribution < -0.4 is 58.5 Å². The summed E-state index contributed by atoms with van der Waals surface area (Å²) in [6.45, 7) is 38.7. The predicted molar refractivity (Wildman–Crippen MR) is 418 cm³/mol. The molecule has 12 atom stereocenters. The molecule has 11 amide bonds. The van der Waals surface area contributed by atoms with E-state index in [1.807, 2.05) is 0 Å². The number of nitrogens with zero attached hydrogens (tertiary/aromatic N) is 2. The van der Waals surface area contributed by atoms with Crippen LogP contribution in [0.3, 0.4) is 0 Å². The molecule has 1 heterocycles. The fraction of sp³-hybridized carbons (Fsp3) is 0.692. The minimum absolute atomic E-state index is 0.137. The molecule has 0 aliphatic heterocycles. The summed E-state index contributed by atoms with van der Waals surface area (Å²) in [5.41, 5.74) is -6.37. The Kier molecular flexibility index (Phi) is 38.5. The first-order valence-corrected chi connectivity index (χ1v) is 38.0. The molecule has 0 bridgehead atoms. The van der Waals surface area contributed by atoms with Gasteiger partial charge in [-0.05, 0) is 184 Å². The van der Waals surface area contributed by atoms with E-state index in [0.717, 1.165) is 10.9 Å². The fourth-order valence-corrected chi connectivity index (χ4v) is 10.5. The molecule has 0 saturated carbocycles. The minimum Gasteiger partial charge on any atom is -0.480 e. The Morgan fingerprint density at radius 2 is 0.878 bits per heavy atom. The molecule has 0 saturated heterocycles. The van der Waals surface area contributed by atoms with Gasteiger partial charge in [0, 0.05) is 25.5 Å². The van der Waals surface area contributed by atoms with Crippen molar-refractivity contribution >= 4 is 89.2 Å². The van der Waals surface area contributed by atoms with E-state index >= 15 is 14.4 Å². The number of nitrogens with one attached hydrogen (secondary N) is 11. The van der Waals surface area contributed by atoms with Crippen molar-refractivity contribution in [2.75, 3.05) is 19.8 Å². The molecule has 0 aliphatic carbocycles. The van der Waals surface area contributed by atoms with Crippen LogP contribution in [0.25, 0.3) is 0 Å². The number of amides is 11. The Hall–Kier alpha value is -9.88. The van der Waals surface area contributed by atoms with Crippen LogP contribution in [-0.4, -0.2) is 241 Å². The first-order valence-electron chi connectivity index (χ1n) is 38.0. The van der Waals surface area contributed by atoms with Crippen molar-refractivity contribution in [1.82, 2.24) is 68.0 Å². The standard InChI is InChI=1S/C78H127N13O24/c1-42(2)57(66(102)85-52(39-92)69(105)106)89-64(100)51(36-56(95)113-76(18,19)20)83-65(101)53(40-109-72(6,7)8)86-68(104)59(45(5)111-74(12,13)14)90-63(99)49(34-46-30-28-27-29-31-46)84-67(103)58(44(4)110-73(9,10)11)88-54(93)37-79-61(97)48(32-33-55(94)112-75(15,16)17)82-60(96)43(3)81-62(98)50(87-70(107)114-77(21,22)23)35-47-38-91(41-80-47)71(108)115-78(24,25)26/h27-31,38,41-45,48-53,57-59,92H,32-37,39-40H2,1-26H3,(H,79,97)(H,81,98)(H,82,96)(H,83,101)(H,84,103)(H,85,102)(H,86,104)(H,87,107)(H,88,93)(H,89,100)(H,90,99)(H,105,106)/t43-,44+,45+,48-,49-,50-,51-,52-,53-,57-,58-,59-/m0/s1. The number of carbonyl (C=O) groups is 15. The normalized spacial score (nSPS) is 15.3. The summed E-state index contributed by atoms with van der Waals surface area (Å²) in [6.07, 6.45) is -4.20. The highest BCUT2D eigenvalue weighted by atomic mass is 16.6. The average Bonchev–Trinajstić information content (AvgIpc) is 1.59. The molecule has 13 N–H and O–H groups in total. The van der Waals surface area contributed by atoms with Gasteiger partial charge in [-0.2, -0.15) is 0 Å². The van der Waals surface area contributed by atoms with Crippen LogP contribution in [0.4, 0.5) is 9.59 Å². The van der Waals surface area contributed by atoms with Crippen LogP contribution in [0.15, 0.2) is 42.9 Å². The number of imidazole rings is 1. The maximum Gasteiger partial charge on any atom is 0.419 e. The van der Waals surface area contributed by atoms with Gasteiger partial charge in [0.2, 0.25) is 59.1 Å². The number of aliphatic carboxylic acids is 1. The monoisotopic (exact) mass is 1630 g/mol. The van der Waals surface area contributed by atoms with Crippen molar-refractivity contribution in [3.63, 3.8) is 0 Å². The number of aromatic nitrogens is 2. The number of rotatable bonds is 39. The molecule has 648 valence electrons. The van der Waals surface area contributed by atoms with Gasteiger partial charge in [-0.15, -0.1) is 0 Å². The van der Waals surface area contributed by atoms with Crippen LogP contribution in [0.5, 0.6) is 0 Å². The third-order valence-corrected chi connectivity index (χ3v) is 15.4. The summed E-state index contributed by atoms with van der Waals surface area (Å²) in [6, 6.07) is -8.23. The molecule has 0 spiro atoms. The van der Waals surface area contributed by atoms with Crippen molar-refractivity contribution < 1.29 is 115 Å². The second-order valence-electron chi connectivity index (χ2n) is 35.1. The molecule has 1 aromatic heterocycles. The summed E-state index contributed by atoms with van der Waals surface area (Å²) in [7, 11) is 0. The van der Waals surface area contributed by atoms with Gasteiger partial charge in [0.05, 0.1) is 60.9 Å². The number of carboxylic acid groups (broad SMARTS) is 1. The lowest BCUT2D eigenvalue weighted by molar-refractivity contribution is -0.157. The summed E-state index contributed by atoms with van der Waals surface area (Å²) >= 11 is 0. The summed E-state index contributed by atoms with van der Waals surface area (Å²) in [4.78, 5) is 213. The highest BCUT2D eigenvalue weighted by Crippen LogP contribution is 2.20. The summed E-state index contributed by atoms with van der Waals surface area (Å²) < 4.78 is 41.3. The van der Waals surface area contributed by atoms with Crippen LogP contribution in [0.1, 0.15) is 211 Å². The first kappa shape index (κ1) is 101. The largest absolute Gasteiger partial charge is 0.480 e. The van der Waals surface area contributed by atoms with Crippen LogP contribution >= 0.6 is 0 Å². The molecule has 37 nitrogen and oxygen atoms in total. The zero-order valence-electron chi connectivity index (χ0n) is 71.5. The zero-order chi connectivity index (χ0) is 88.4. The van der Waals surface area contributed by atoms with Crippen LogP contribution in [0, 0.1) is 5.92 Å². The number of carbonyl (C=O) groups excluding carboxylic acids is 14. The van der Waals surface area contributed by atoms with Crippen molar-refractivity contribution in [2.24, 2.45) is 5.92 Å². The highest BCUT2D eigenvalue weighted by Gasteiger charge is 2.41. The molecular weight excluding hydrogens is 1500 g/mol. The predicted octanol–water partition coefficient (Wildman–Crippen LogP) is 2.65. The second kappa shape index (κ2) is 43.7. The van der Waals surface area contributed by atoms with Crippen molar-refractivity contribution in [2.45, 2.75) is 324 Å². The van der Waals surface area contributed by atoms with Crippen molar-refractivity contribution in [1.29, 1.82) is 0 Å². The van der Waals surface area contributed by atoms with Gasteiger partial charge in [-0.1, -0.05) is 44.2 Å². The van der Waals surface area contributed by atoms with E-state index < -0.39 is 246 Å². The van der Waals surface area contributed by atoms with Gasteiger partial charge >= 0.3 is 30.1 Å². The molecule has 0 fully saturated rings. The molecule has 0 aliphatic rings. The van der Waals surface area contributed by atoms with Gasteiger partial charge in [0.1, 0.15) is 89.1 Å². The summed E-state index contributed by atoms with van der Waals surface area (Å²) in [5, 5.41) is 46.6. The lowest BCUT2D eigenvalue weighted by Gasteiger charge is -2.34. The Labute approximate surface area is 673 Å². The highest BCUT2D eigenvalue weighted by molar-refractivity contribution is 6.00. The van der Waals surface area contributed by atoms with E-state index in [2.05, 4.69) is 63.5 Å². The minimum atomic E-state index is -1.86. The van der Waals surface area contributed by atoms with E-state index in [0.29, 0.717) is 5.56 Å². The van der Waals surface area contributed by atoms with Crippen LogP contribution in [-0.2, 0) is 108 Å². The molecular formula is C78H127N13O24. The molecule has 1 aromatic carbocycles. The SMILES string of the molecule is CC(C)[C@H](NC(=O)[C@H](CC(=O)OC(C)(C)C)NC(=O)[C@H](COC(C)(C)C)NC(=O)[C@@H](NC(=O)[C@H](Cc1ccccc1)NC(=O)[C@@H](NC(=O)CNC(=O)[C@H](CCC(=O)OC(C)(C)C)NC(=O)[C@H](C)NC(=O)[C@H](Cc1cn(C(=O)OC(C)(C)C)cn1)NC(=O)OC(C)(C)C)[C@@H](C)OC(C)(C)C)[C@@H](C)OC(C)(C)C)C(=O)N[C@@H](CO)C(=O)O. The zero-order valence-corrected chi connectivity index (χ0v) is 71.5. The topological polar surface area (TPSA) is 511 Å². The fourth-order valence-electron chi connectivity index (χ4n) is 10.5. The maximum absolute atomic E-state index is 15.2. The van der Waals surface area contributed by atoms with E-state index in [1.54, 1.807) is 176 Å². The second-order valence-corrected chi connectivity index (χ2v) is 35.1. The van der Waals surface area contributed by atoms with E-state index in [1.165, 1.54) is 40.8 Å². The number of hydrogen-bond donors (Lipinski definition) is 13. The van der Waals surface area contributed by atoms with Gasteiger partial charge in [0.15, 0.2) is 0 Å². The van der Waals surface area contributed by atoms with E-state index in [4.69, 9.17) is 33.2 Å². The quantitative estimate of drug-likeness (QED) is 0.0338. The molecule has 2 rings (SSSR count). The number of ether oxygens (including phenoxy) is 7. The number of benzene rings is 1. The third-order valence-electron chi connectivity index (χ3n) is 15.4. The number of hydrogen-bond acceptors (Lipinski definition) is 24. The Balaban J connectivity index is 2.70. The van der Waals surface area contributed by atoms with Gasteiger partial charge in [0.25, 0.3) is 0 Å². The van der Waals surface area contributed by atoms with E-state index in [-0.39, 0.29) is 18.5 Å². The third kappa shape index (κ3) is 40.8. The molecule has 37 heteroatoms. The Morgan fingerprint density at radius 3 is 1.37 bits per heavy atom. The number of alkyl carbamates (subject to hydrolysis) is 1. The first-order chi connectivity index (χ1) is 52.4. The van der Waals surface area contributed by atoms with Gasteiger partial charge in [-0.25, -0.2) is 23.9 Å². The Morgan fingerprint density at radius 1 is 0.435 bits per heavy atom. The van der Waals surface area contributed by atoms with Crippen LogP contribution in [0.2, 0.25) is 0 Å². The molecule has 2 aromatic rings. The number of aliphatic hydroxyl groups excluding tert-OH is 1. The molecule has 0 unspecified atom stereocenters.